The average molecular weight is 492 g/mol. The van der Waals surface area contributed by atoms with Crippen LogP contribution in [0.15, 0.2) is 21.8 Å². The van der Waals surface area contributed by atoms with Gasteiger partial charge in [0.1, 0.15) is 11.2 Å². The molecule has 1 aliphatic heterocycles. The van der Waals surface area contributed by atoms with Crippen molar-refractivity contribution in [1.29, 1.82) is 0 Å². The summed E-state index contributed by atoms with van der Waals surface area (Å²) in [5, 5.41) is 9.44. The molecule has 0 spiro atoms. The van der Waals surface area contributed by atoms with Crippen molar-refractivity contribution in [2.75, 3.05) is 0 Å². The Morgan fingerprint density at radius 1 is 1.27 bits per heavy atom. The van der Waals surface area contributed by atoms with Gasteiger partial charge in [0, 0.05) is 17.9 Å². The molecule has 1 aliphatic carbocycles. The maximum atomic E-state index is 11.3. The van der Waals surface area contributed by atoms with E-state index in [1.165, 1.54) is 0 Å². The van der Waals surface area contributed by atoms with Gasteiger partial charge in [-0.3, -0.25) is 0 Å². The average Bonchev–Trinajstić information content (AvgIpc) is 3.03. The second-order valence-corrected chi connectivity index (χ2v) is 15.4. The Bertz CT molecular complexity index is 647. The van der Waals surface area contributed by atoms with E-state index >= 15 is 0 Å². The van der Waals surface area contributed by atoms with Crippen LogP contribution in [0.3, 0.4) is 0 Å². The molecule has 0 aromatic heterocycles. The lowest BCUT2D eigenvalue weighted by molar-refractivity contribution is -0.132. The third-order valence-electron chi connectivity index (χ3n) is 6.62. The first kappa shape index (κ1) is 22.1. The van der Waals surface area contributed by atoms with E-state index in [-0.39, 0.29) is 27.7 Å². The van der Waals surface area contributed by atoms with Gasteiger partial charge >= 0.3 is 5.97 Å². The summed E-state index contributed by atoms with van der Waals surface area (Å²) in [7, 11) is -1.84. The van der Waals surface area contributed by atoms with Crippen LogP contribution < -0.4 is 0 Å². The van der Waals surface area contributed by atoms with E-state index in [0.717, 1.165) is 12.8 Å². The van der Waals surface area contributed by atoms with E-state index in [1.807, 2.05) is 28.7 Å². The quantitative estimate of drug-likeness (QED) is 0.176. The largest absolute Gasteiger partial charge is 0.478 e. The second kappa shape index (κ2) is 6.71. The van der Waals surface area contributed by atoms with Crippen molar-refractivity contribution in [2.45, 2.75) is 89.8 Å². The van der Waals surface area contributed by atoms with E-state index < -0.39 is 19.9 Å². The topological polar surface area (TPSA) is 59.1 Å². The Kier molecular flexibility index (Phi) is 5.70. The highest BCUT2D eigenvalue weighted by atomic mass is 127. The first-order valence-electron chi connectivity index (χ1n) is 9.22. The van der Waals surface area contributed by atoms with Gasteiger partial charge in [-0.2, -0.15) is 0 Å². The first-order chi connectivity index (χ1) is 11.6. The fraction of sp³-hybridized carbons (Fsp3) is 0.750. The number of carbonyl (C=O) groups is 1. The van der Waals surface area contributed by atoms with Crippen LogP contribution in [-0.2, 0) is 14.0 Å². The molecule has 0 radical (unpaired) electrons. The van der Waals surface area contributed by atoms with Crippen molar-refractivity contribution in [3.8, 4) is 0 Å². The minimum atomic E-state index is -1.84. The van der Waals surface area contributed by atoms with Crippen LogP contribution >= 0.6 is 22.6 Å². The number of carboxylic acid groups (broad SMARTS) is 1. The molecule has 0 amide bonds. The molecule has 3 atom stereocenters. The number of epoxide rings is 1. The van der Waals surface area contributed by atoms with E-state index in [0.29, 0.717) is 0 Å². The van der Waals surface area contributed by atoms with Crippen molar-refractivity contribution in [1.82, 2.24) is 0 Å². The van der Waals surface area contributed by atoms with Gasteiger partial charge in [-0.1, -0.05) is 57.2 Å². The van der Waals surface area contributed by atoms with E-state index in [1.54, 1.807) is 10.2 Å². The molecule has 4 nitrogen and oxygen atoms in total. The molecule has 0 aromatic rings. The molecule has 1 N–H and O–H groups in total. The molecule has 2 fully saturated rings. The van der Waals surface area contributed by atoms with Crippen LogP contribution in [0, 0.1) is 5.41 Å². The van der Waals surface area contributed by atoms with Gasteiger partial charge in [-0.05, 0) is 47.7 Å². The molecule has 148 valence electrons. The lowest BCUT2D eigenvalue weighted by atomic mass is 9.63. The zero-order valence-corrected chi connectivity index (χ0v) is 20.4. The van der Waals surface area contributed by atoms with E-state index in [4.69, 9.17) is 9.16 Å². The fourth-order valence-electron chi connectivity index (χ4n) is 4.08. The molecule has 0 unspecified atom stereocenters. The molecule has 1 heterocycles. The molecule has 0 bridgehead atoms. The van der Waals surface area contributed by atoms with Gasteiger partial charge in [-0.25, -0.2) is 4.79 Å². The smallest absolute Gasteiger partial charge is 0.336 e. The fourth-order valence-corrected chi connectivity index (χ4v) is 5.91. The molecule has 6 heteroatoms. The first-order valence-corrected chi connectivity index (χ1v) is 13.4. The normalized spacial score (nSPS) is 34.7. The van der Waals surface area contributed by atoms with Crippen LogP contribution in [0.5, 0.6) is 0 Å². The third-order valence-corrected chi connectivity index (χ3v) is 11.8. The van der Waals surface area contributed by atoms with Gasteiger partial charge in [0.2, 0.25) is 0 Å². The molecular weight excluding hydrogens is 459 g/mol. The van der Waals surface area contributed by atoms with Crippen LogP contribution in [0.25, 0.3) is 0 Å². The summed E-state index contributed by atoms with van der Waals surface area (Å²) in [4.78, 5) is 11.3. The van der Waals surface area contributed by atoms with Crippen LogP contribution in [0.1, 0.15) is 54.4 Å². The van der Waals surface area contributed by atoms with Crippen molar-refractivity contribution < 1.29 is 19.1 Å². The molecular formula is C20H33IO4Si. The number of fused-ring (bicyclic) bond motifs is 1. The van der Waals surface area contributed by atoms with E-state index in [2.05, 4.69) is 54.6 Å². The number of aliphatic carboxylic acids is 1. The summed E-state index contributed by atoms with van der Waals surface area (Å²) < 4.78 is 14.6. The van der Waals surface area contributed by atoms with Gasteiger partial charge < -0.3 is 14.3 Å². The Labute approximate surface area is 172 Å². The number of ether oxygens (including phenoxy) is 1. The van der Waals surface area contributed by atoms with Gasteiger partial charge in [-0.15, -0.1) is 0 Å². The number of carboxylic acids is 1. The van der Waals surface area contributed by atoms with Crippen LogP contribution in [0.2, 0.25) is 18.1 Å². The number of hydrogen-bond donors (Lipinski definition) is 1. The molecule has 1 saturated carbocycles. The maximum absolute atomic E-state index is 11.3. The lowest BCUT2D eigenvalue weighted by Gasteiger charge is -2.45. The van der Waals surface area contributed by atoms with E-state index in [9.17, 15) is 9.90 Å². The zero-order valence-electron chi connectivity index (χ0n) is 17.3. The highest BCUT2D eigenvalue weighted by molar-refractivity contribution is 14.1. The SMILES string of the molecule is CC1(C)C[C@H](O[Si](C)(C)C(C)(C)C)C[C@@]2(C)O[C@@]12/C=C/C(=C/I)C(=O)O. The molecule has 26 heavy (non-hydrogen) atoms. The summed E-state index contributed by atoms with van der Waals surface area (Å²) in [5.74, 6) is -0.915. The van der Waals surface area contributed by atoms with Crippen molar-refractivity contribution in [3.63, 3.8) is 0 Å². The standard InChI is InChI=1S/C20H33IO4Si/c1-17(2,3)26(7,8)24-15-11-18(4,5)20(19(6,12-15)25-20)10-9-14(13-21)16(22)23/h9-10,13,15H,11-12H2,1-8H3,(H,22,23)/b10-9+,14-13-/t15-,19+,20-/m0/s1. The van der Waals surface area contributed by atoms with Crippen LogP contribution in [-0.4, -0.2) is 36.7 Å². The Morgan fingerprint density at radius 3 is 2.27 bits per heavy atom. The van der Waals surface area contributed by atoms with Crippen molar-refractivity contribution in [3.05, 3.63) is 21.8 Å². The Balaban J connectivity index is 2.23. The zero-order chi connectivity index (χ0) is 20.2. The van der Waals surface area contributed by atoms with Gasteiger partial charge in [0.05, 0.1) is 5.57 Å². The summed E-state index contributed by atoms with van der Waals surface area (Å²) in [5.41, 5.74) is -0.563. The predicted octanol–water partition coefficient (Wildman–Crippen LogP) is 5.68. The number of hydrogen-bond acceptors (Lipinski definition) is 3. The summed E-state index contributed by atoms with van der Waals surface area (Å²) in [6.45, 7) is 17.9. The minimum Gasteiger partial charge on any atom is -0.478 e. The van der Waals surface area contributed by atoms with Crippen molar-refractivity contribution in [2.24, 2.45) is 5.41 Å². The lowest BCUT2D eigenvalue weighted by Crippen LogP contribution is -2.51. The van der Waals surface area contributed by atoms with Crippen molar-refractivity contribution >= 4 is 36.9 Å². The number of halogens is 1. The Hall–Kier alpha value is -0.183. The molecule has 2 rings (SSSR count). The molecule has 0 aromatic carbocycles. The maximum Gasteiger partial charge on any atom is 0.336 e. The summed E-state index contributed by atoms with van der Waals surface area (Å²) in [6, 6.07) is 0. The Morgan fingerprint density at radius 2 is 1.85 bits per heavy atom. The summed E-state index contributed by atoms with van der Waals surface area (Å²) in [6.07, 6.45) is 5.60. The highest BCUT2D eigenvalue weighted by Gasteiger charge is 2.75. The highest BCUT2D eigenvalue weighted by Crippen LogP contribution is 2.66. The molecule has 1 saturated heterocycles. The predicted molar refractivity (Wildman–Crippen MR) is 116 cm³/mol. The third kappa shape index (κ3) is 3.71. The number of rotatable bonds is 5. The second-order valence-electron chi connectivity index (χ2n) is 10.1. The van der Waals surface area contributed by atoms with Gasteiger partial charge in [0.15, 0.2) is 8.32 Å². The minimum absolute atomic E-state index is 0.127. The summed E-state index contributed by atoms with van der Waals surface area (Å²) >= 11 is 1.96. The molecule has 2 aliphatic rings. The monoisotopic (exact) mass is 492 g/mol. The van der Waals surface area contributed by atoms with Crippen LogP contribution in [0.4, 0.5) is 0 Å². The van der Waals surface area contributed by atoms with Gasteiger partial charge in [0.25, 0.3) is 0 Å².